The first-order chi connectivity index (χ1) is 9.81. The molecule has 0 saturated carbocycles. The largest absolute Gasteiger partial charge is 0.417 e. The molecule has 1 aromatic carbocycles. The summed E-state index contributed by atoms with van der Waals surface area (Å²) in [6.45, 7) is 2.28. The van der Waals surface area contributed by atoms with Crippen LogP contribution in [0.2, 0.25) is 0 Å². The molecular weight excluding hydrogens is 281 g/mol. The third-order valence-corrected chi connectivity index (χ3v) is 2.86. The predicted octanol–water partition coefficient (Wildman–Crippen LogP) is 2.79. The van der Waals surface area contributed by atoms with Crippen LogP contribution in [-0.2, 0) is 12.7 Å². The summed E-state index contributed by atoms with van der Waals surface area (Å²) in [6.07, 6.45) is -2.92. The Bertz CT molecular complexity index is 680. The minimum Gasteiger partial charge on any atom is -0.326 e. The van der Waals surface area contributed by atoms with Gasteiger partial charge in [-0.05, 0) is 25.1 Å². The molecule has 0 unspecified atom stereocenters. The van der Waals surface area contributed by atoms with Crippen molar-refractivity contribution in [2.24, 2.45) is 5.73 Å². The second kappa shape index (κ2) is 5.58. The zero-order chi connectivity index (χ0) is 15.6. The first kappa shape index (κ1) is 15.1. The molecule has 2 aromatic rings. The first-order valence-corrected chi connectivity index (χ1v) is 6.22. The summed E-state index contributed by atoms with van der Waals surface area (Å²) in [5, 5.41) is 12.9. The van der Waals surface area contributed by atoms with Gasteiger partial charge in [0, 0.05) is 17.8 Å². The fourth-order valence-electron chi connectivity index (χ4n) is 1.95. The monoisotopic (exact) mass is 294 g/mol. The Kier molecular flexibility index (Phi) is 4.00. The number of hydrogen-bond donors (Lipinski definition) is 1. The molecule has 7 heteroatoms. The summed E-state index contributed by atoms with van der Waals surface area (Å²) in [4.78, 5) is 0. The SMILES string of the molecule is C[C@H](N)Cn1ccc(-c2ccc(C#N)c(C(F)(F)F)c2)n1. The van der Waals surface area contributed by atoms with Gasteiger partial charge in [-0.3, -0.25) is 4.68 Å². The summed E-state index contributed by atoms with van der Waals surface area (Å²) in [5.74, 6) is 0. The van der Waals surface area contributed by atoms with E-state index in [0.29, 0.717) is 17.8 Å². The summed E-state index contributed by atoms with van der Waals surface area (Å²) in [7, 11) is 0. The number of benzene rings is 1. The normalized spacial score (nSPS) is 13.0. The average molecular weight is 294 g/mol. The van der Waals surface area contributed by atoms with Crippen molar-refractivity contribution in [1.82, 2.24) is 9.78 Å². The maximum atomic E-state index is 12.9. The van der Waals surface area contributed by atoms with Crippen molar-refractivity contribution in [1.29, 1.82) is 5.26 Å². The lowest BCUT2D eigenvalue weighted by atomic mass is 10.0. The van der Waals surface area contributed by atoms with E-state index >= 15 is 0 Å². The number of halogens is 3. The molecule has 110 valence electrons. The van der Waals surface area contributed by atoms with Crippen molar-refractivity contribution in [3.8, 4) is 17.3 Å². The lowest BCUT2D eigenvalue weighted by Gasteiger charge is -2.10. The smallest absolute Gasteiger partial charge is 0.326 e. The molecule has 0 saturated heterocycles. The summed E-state index contributed by atoms with van der Waals surface area (Å²) in [5.41, 5.74) is 5.01. The molecule has 0 aliphatic heterocycles. The fourth-order valence-corrected chi connectivity index (χ4v) is 1.95. The van der Waals surface area contributed by atoms with Crippen LogP contribution in [0.25, 0.3) is 11.3 Å². The Morgan fingerprint density at radius 1 is 1.38 bits per heavy atom. The van der Waals surface area contributed by atoms with Gasteiger partial charge in [-0.2, -0.15) is 23.5 Å². The molecule has 21 heavy (non-hydrogen) atoms. The van der Waals surface area contributed by atoms with Crippen LogP contribution in [0.5, 0.6) is 0 Å². The van der Waals surface area contributed by atoms with E-state index in [4.69, 9.17) is 11.0 Å². The Hall–Kier alpha value is -2.33. The topological polar surface area (TPSA) is 67.6 Å². The number of nitriles is 1. The van der Waals surface area contributed by atoms with Crippen molar-refractivity contribution in [2.75, 3.05) is 0 Å². The molecule has 0 radical (unpaired) electrons. The molecule has 0 aliphatic carbocycles. The zero-order valence-corrected chi connectivity index (χ0v) is 11.2. The Balaban J connectivity index is 2.41. The van der Waals surface area contributed by atoms with Gasteiger partial charge in [-0.15, -0.1) is 0 Å². The number of nitrogens with zero attached hydrogens (tertiary/aromatic N) is 3. The molecule has 0 amide bonds. The number of nitrogens with two attached hydrogens (primary N) is 1. The van der Waals surface area contributed by atoms with E-state index in [1.54, 1.807) is 23.0 Å². The molecule has 4 nitrogen and oxygen atoms in total. The average Bonchev–Trinajstić information content (AvgIpc) is 2.84. The maximum absolute atomic E-state index is 12.9. The molecule has 2 N–H and O–H groups in total. The van der Waals surface area contributed by atoms with Crippen molar-refractivity contribution in [3.63, 3.8) is 0 Å². The number of rotatable bonds is 3. The number of hydrogen-bond acceptors (Lipinski definition) is 3. The van der Waals surface area contributed by atoms with Gasteiger partial charge < -0.3 is 5.73 Å². The van der Waals surface area contributed by atoms with Gasteiger partial charge in [0.1, 0.15) is 0 Å². The quantitative estimate of drug-likeness (QED) is 0.946. The molecular formula is C14H13F3N4. The van der Waals surface area contributed by atoms with Gasteiger partial charge in [-0.1, -0.05) is 6.07 Å². The van der Waals surface area contributed by atoms with E-state index in [2.05, 4.69) is 5.10 Å². The van der Waals surface area contributed by atoms with Crippen molar-refractivity contribution < 1.29 is 13.2 Å². The van der Waals surface area contributed by atoms with E-state index in [1.807, 2.05) is 6.92 Å². The van der Waals surface area contributed by atoms with E-state index in [1.165, 1.54) is 6.07 Å². The fraction of sp³-hybridized carbons (Fsp3) is 0.286. The lowest BCUT2D eigenvalue weighted by Crippen LogP contribution is -2.22. The molecule has 2 rings (SSSR count). The van der Waals surface area contributed by atoms with Gasteiger partial charge >= 0.3 is 6.18 Å². The van der Waals surface area contributed by atoms with Crippen molar-refractivity contribution >= 4 is 0 Å². The van der Waals surface area contributed by atoms with E-state index in [9.17, 15) is 13.2 Å². The van der Waals surface area contributed by atoms with E-state index < -0.39 is 17.3 Å². The van der Waals surface area contributed by atoms with Crippen molar-refractivity contribution in [3.05, 3.63) is 41.6 Å². The van der Waals surface area contributed by atoms with Crippen LogP contribution in [0.3, 0.4) is 0 Å². The molecule has 0 bridgehead atoms. The predicted molar refractivity (Wildman–Crippen MR) is 71.0 cm³/mol. The summed E-state index contributed by atoms with van der Waals surface area (Å²) >= 11 is 0. The highest BCUT2D eigenvalue weighted by Crippen LogP contribution is 2.34. The van der Waals surface area contributed by atoms with Gasteiger partial charge in [0.2, 0.25) is 0 Å². The molecule has 0 aliphatic rings. The van der Waals surface area contributed by atoms with Gasteiger partial charge in [-0.25, -0.2) is 0 Å². The highest BCUT2D eigenvalue weighted by atomic mass is 19.4. The summed E-state index contributed by atoms with van der Waals surface area (Å²) in [6, 6.07) is 6.61. The van der Waals surface area contributed by atoms with Crippen LogP contribution < -0.4 is 5.73 Å². The highest BCUT2D eigenvalue weighted by Gasteiger charge is 2.34. The second-order valence-electron chi connectivity index (χ2n) is 4.77. The maximum Gasteiger partial charge on any atom is 0.417 e. The molecule has 1 atom stereocenters. The van der Waals surface area contributed by atoms with Crippen LogP contribution >= 0.6 is 0 Å². The molecule has 1 aromatic heterocycles. The second-order valence-corrected chi connectivity index (χ2v) is 4.77. The standard InChI is InChI=1S/C14H13F3N4/c1-9(19)8-21-5-4-13(20-21)10-2-3-11(7-18)12(6-10)14(15,16)17/h2-6,9H,8,19H2,1H3/t9-/m0/s1. The lowest BCUT2D eigenvalue weighted by molar-refractivity contribution is -0.137. The summed E-state index contributed by atoms with van der Waals surface area (Å²) < 4.78 is 40.3. The first-order valence-electron chi connectivity index (χ1n) is 6.22. The van der Waals surface area contributed by atoms with Crippen LogP contribution in [0, 0.1) is 11.3 Å². The highest BCUT2D eigenvalue weighted by molar-refractivity contribution is 5.62. The zero-order valence-electron chi connectivity index (χ0n) is 11.2. The minimum absolute atomic E-state index is 0.107. The van der Waals surface area contributed by atoms with Gasteiger partial charge in [0.15, 0.2) is 0 Å². The Morgan fingerprint density at radius 3 is 2.67 bits per heavy atom. The van der Waals surface area contributed by atoms with Crippen LogP contribution in [0.1, 0.15) is 18.1 Å². The van der Waals surface area contributed by atoms with Crippen LogP contribution in [0.15, 0.2) is 30.5 Å². The number of alkyl halides is 3. The molecule has 1 heterocycles. The molecule has 0 spiro atoms. The van der Waals surface area contributed by atoms with Crippen LogP contribution in [0.4, 0.5) is 13.2 Å². The Labute approximate surface area is 119 Å². The third-order valence-electron chi connectivity index (χ3n) is 2.86. The minimum atomic E-state index is -4.57. The Morgan fingerprint density at radius 2 is 2.10 bits per heavy atom. The van der Waals surface area contributed by atoms with Gasteiger partial charge in [0.25, 0.3) is 0 Å². The molecule has 0 fully saturated rings. The van der Waals surface area contributed by atoms with Crippen molar-refractivity contribution in [2.45, 2.75) is 25.7 Å². The van der Waals surface area contributed by atoms with E-state index in [-0.39, 0.29) is 6.04 Å². The third kappa shape index (κ3) is 3.41. The van der Waals surface area contributed by atoms with E-state index in [0.717, 1.165) is 12.1 Å². The van der Waals surface area contributed by atoms with Crippen LogP contribution in [-0.4, -0.2) is 15.8 Å². The number of aromatic nitrogens is 2. The van der Waals surface area contributed by atoms with Gasteiger partial charge in [0.05, 0.1) is 29.4 Å².